The highest BCUT2D eigenvalue weighted by atomic mass is 28.3. The zero-order valence-electron chi connectivity index (χ0n) is 7.64. The summed E-state index contributed by atoms with van der Waals surface area (Å²) in [6.07, 6.45) is 0.590. The van der Waals surface area contributed by atoms with Crippen LogP contribution in [0.5, 0.6) is 0 Å². The van der Waals surface area contributed by atoms with Crippen LogP contribution in [-0.4, -0.2) is 19.9 Å². The molecule has 0 saturated carbocycles. The second-order valence-electron chi connectivity index (χ2n) is 4.63. The van der Waals surface area contributed by atoms with Gasteiger partial charge in [0.1, 0.15) is 0 Å². The molecule has 2 atom stereocenters. The maximum Gasteiger partial charge on any atom is 0.0830 e. The summed E-state index contributed by atoms with van der Waals surface area (Å²) >= 11 is 0. The van der Waals surface area contributed by atoms with E-state index in [0.29, 0.717) is 11.8 Å². The summed E-state index contributed by atoms with van der Waals surface area (Å²) in [6.45, 7) is 11.6. The molecule has 1 saturated heterocycles. The van der Waals surface area contributed by atoms with E-state index < -0.39 is 8.07 Å². The zero-order chi connectivity index (χ0) is 7.94. The van der Waals surface area contributed by atoms with Gasteiger partial charge in [-0.05, 0) is 5.92 Å². The fourth-order valence-electron chi connectivity index (χ4n) is 1.33. The first-order valence-corrected chi connectivity index (χ1v) is 7.66. The van der Waals surface area contributed by atoms with E-state index in [-0.39, 0.29) is 0 Å². The summed E-state index contributed by atoms with van der Waals surface area (Å²) in [6, 6.07) is 0. The summed E-state index contributed by atoms with van der Waals surface area (Å²) in [7, 11) is -0.972. The lowest BCUT2D eigenvalue weighted by molar-refractivity contribution is 0.348. The van der Waals surface area contributed by atoms with Crippen molar-refractivity contribution in [1.82, 2.24) is 0 Å². The predicted octanol–water partition coefficient (Wildman–Crippen LogP) is 2.29. The maximum atomic E-state index is 5.60. The number of rotatable bonds is 2. The van der Waals surface area contributed by atoms with Crippen molar-refractivity contribution in [1.29, 1.82) is 0 Å². The molecule has 0 N–H and O–H groups in total. The first-order valence-electron chi connectivity index (χ1n) is 4.08. The Morgan fingerprint density at radius 1 is 1.20 bits per heavy atom. The van der Waals surface area contributed by atoms with Crippen LogP contribution in [0.25, 0.3) is 0 Å². The molecule has 10 heavy (non-hydrogen) atoms. The number of hydrogen-bond acceptors (Lipinski definition) is 1. The summed E-state index contributed by atoms with van der Waals surface area (Å²) < 4.78 is 5.60. The van der Waals surface area contributed by atoms with Crippen molar-refractivity contribution in [2.24, 2.45) is 5.92 Å². The van der Waals surface area contributed by atoms with Crippen molar-refractivity contribution < 1.29 is 4.74 Å². The first-order chi connectivity index (χ1) is 4.43. The highest BCUT2D eigenvalue weighted by molar-refractivity contribution is 6.78. The van der Waals surface area contributed by atoms with E-state index in [0.717, 1.165) is 5.92 Å². The van der Waals surface area contributed by atoms with Crippen molar-refractivity contribution in [3.8, 4) is 0 Å². The van der Waals surface area contributed by atoms with Crippen LogP contribution in [0.2, 0.25) is 19.6 Å². The number of hydrogen-bond donors (Lipinski definition) is 0. The van der Waals surface area contributed by atoms with Crippen LogP contribution < -0.4 is 0 Å². The van der Waals surface area contributed by atoms with E-state index in [2.05, 4.69) is 33.5 Å². The van der Waals surface area contributed by atoms with Crippen molar-refractivity contribution in [3.63, 3.8) is 0 Å². The fraction of sp³-hybridized carbons (Fsp3) is 1.00. The molecule has 0 bridgehead atoms. The third-order valence-electron chi connectivity index (χ3n) is 2.04. The summed E-state index contributed by atoms with van der Waals surface area (Å²) in [5, 5.41) is 0. The van der Waals surface area contributed by atoms with Gasteiger partial charge in [0.05, 0.1) is 19.9 Å². The molecule has 1 heterocycles. The summed E-state index contributed by atoms with van der Waals surface area (Å²) in [5.74, 6) is 0.719. The highest BCUT2D eigenvalue weighted by Gasteiger charge is 2.49. The van der Waals surface area contributed by atoms with Crippen LogP contribution in [0.15, 0.2) is 0 Å². The van der Waals surface area contributed by atoms with Crippen molar-refractivity contribution >= 4 is 8.07 Å². The first kappa shape index (κ1) is 8.28. The summed E-state index contributed by atoms with van der Waals surface area (Å²) in [4.78, 5) is 0. The molecule has 1 aliphatic heterocycles. The van der Waals surface area contributed by atoms with Gasteiger partial charge in [0.25, 0.3) is 0 Å². The van der Waals surface area contributed by atoms with Crippen LogP contribution in [0, 0.1) is 5.92 Å². The Morgan fingerprint density at radius 2 is 1.70 bits per heavy atom. The smallest absolute Gasteiger partial charge is 0.0830 e. The van der Waals surface area contributed by atoms with E-state index in [9.17, 15) is 0 Å². The van der Waals surface area contributed by atoms with E-state index in [1.165, 1.54) is 0 Å². The van der Waals surface area contributed by atoms with Gasteiger partial charge in [-0.25, -0.2) is 0 Å². The van der Waals surface area contributed by atoms with Gasteiger partial charge in [0.15, 0.2) is 0 Å². The lowest BCUT2D eigenvalue weighted by atomic mass is 10.1. The summed E-state index contributed by atoms with van der Waals surface area (Å²) in [5.41, 5.74) is 0.646. The molecule has 0 radical (unpaired) electrons. The Bertz CT molecular complexity index is 126. The molecule has 0 aromatic rings. The van der Waals surface area contributed by atoms with Crippen LogP contribution >= 0.6 is 0 Å². The molecule has 0 aromatic heterocycles. The van der Waals surface area contributed by atoms with Crippen LogP contribution in [0.3, 0.4) is 0 Å². The van der Waals surface area contributed by atoms with Crippen LogP contribution in [0.4, 0.5) is 0 Å². The normalized spacial score (nSPS) is 33.0. The van der Waals surface area contributed by atoms with Crippen molar-refractivity contribution in [2.45, 2.75) is 45.3 Å². The van der Waals surface area contributed by atoms with E-state index in [1.807, 2.05) is 0 Å². The zero-order valence-corrected chi connectivity index (χ0v) is 8.64. The van der Waals surface area contributed by atoms with Gasteiger partial charge in [0.2, 0.25) is 0 Å². The Hall–Kier alpha value is 0.177. The molecule has 1 fully saturated rings. The molecule has 0 amide bonds. The fourth-order valence-corrected chi connectivity index (χ4v) is 3.26. The lowest BCUT2D eigenvalue weighted by Crippen LogP contribution is -2.31. The van der Waals surface area contributed by atoms with Crippen LogP contribution in [-0.2, 0) is 4.74 Å². The molecule has 2 unspecified atom stereocenters. The molecule has 1 rings (SSSR count). The van der Waals surface area contributed by atoms with Gasteiger partial charge in [-0.1, -0.05) is 33.5 Å². The SMILES string of the molecule is CC(C)C1OC1[Si](C)(C)C. The molecular weight excluding hydrogens is 140 g/mol. The number of ether oxygens (including phenoxy) is 1. The molecule has 0 aliphatic carbocycles. The second kappa shape index (κ2) is 2.34. The Labute approximate surface area is 64.8 Å². The van der Waals surface area contributed by atoms with Gasteiger partial charge in [-0.2, -0.15) is 0 Å². The Morgan fingerprint density at radius 3 is 1.80 bits per heavy atom. The minimum atomic E-state index is -0.972. The molecule has 0 aromatic carbocycles. The van der Waals surface area contributed by atoms with Crippen LogP contribution in [0.1, 0.15) is 13.8 Å². The third kappa shape index (κ3) is 1.61. The van der Waals surface area contributed by atoms with E-state index in [4.69, 9.17) is 4.74 Å². The Kier molecular flexibility index (Phi) is 1.94. The average Bonchev–Trinajstić information content (AvgIpc) is 2.35. The molecule has 1 nitrogen and oxygen atoms in total. The minimum absolute atomic E-state index is 0.590. The number of epoxide rings is 1. The van der Waals surface area contributed by atoms with Gasteiger partial charge in [0, 0.05) is 0 Å². The monoisotopic (exact) mass is 158 g/mol. The standard InChI is InChI=1S/C8H18OSi/c1-6(2)7-8(9-7)10(3,4)5/h6-8H,1-5H3. The van der Waals surface area contributed by atoms with Crippen molar-refractivity contribution in [2.75, 3.05) is 0 Å². The highest BCUT2D eigenvalue weighted by Crippen LogP contribution is 2.35. The maximum absolute atomic E-state index is 5.60. The quantitative estimate of drug-likeness (QED) is 0.444. The molecule has 1 aliphatic rings. The van der Waals surface area contributed by atoms with Gasteiger partial charge >= 0.3 is 0 Å². The topological polar surface area (TPSA) is 12.5 Å². The molecular formula is C8H18OSi. The largest absolute Gasteiger partial charge is 0.373 e. The van der Waals surface area contributed by atoms with Gasteiger partial charge in [-0.15, -0.1) is 0 Å². The van der Waals surface area contributed by atoms with E-state index in [1.54, 1.807) is 0 Å². The van der Waals surface area contributed by atoms with Gasteiger partial charge < -0.3 is 4.74 Å². The molecule has 2 heteroatoms. The molecule has 0 spiro atoms. The van der Waals surface area contributed by atoms with Crippen molar-refractivity contribution in [3.05, 3.63) is 0 Å². The second-order valence-corrected chi connectivity index (χ2v) is 9.93. The van der Waals surface area contributed by atoms with Gasteiger partial charge in [-0.3, -0.25) is 0 Å². The van der Waals surface area contributed by atoms with E-state index >= 15 is 0 Å². The lowest BCUT2D eigenvalue weighted by Gasteiger charge is -2.11. The molecule has 60 valence electrons. The predicted molar refractivity (Wildman–Crippen MR) is 46.8 cm³/mol. The third-order valence-corrected chi connectivity index (χ3v) is 4.21. The Balaban J connectivity index is 2.39. The minimum Gasteiger partial charge on any atom is -0.373 e. The average molecular weight is 158 g/mol.